The van der Waals surface area contributed by atoms with Crippen molar-refractivity contribution in [3.8, 4) is 0 Å². The van der Waals surface area contributed by atoms with Gasteiger partial charge >= 0.3 is 0 Å². The Morgan fingerprint density at radius 2 is 2.00 bits per heavy atom. The van der Waals surface area contributed by atoms with Gasteiger partial charge in [-0.1, -0.05) is 12.1 Å². The predicted molar refractivity (Wildman–Crippen MR) is 98.0 cm³/mol. The monoisotopic (exact) mass is 359 g/mol. The summed E-state index contributed by atoms with van der Waals surface area (Å²) in [5.41, 5.74) is 0.789. The maximum Gasteiger partial charge on any atom is 0.253 e. The lowest BCUT2D eigenvalue weighted by Gasteiger charge is -2.12. The summed E-state index contributed by atoms with van der Waals surface area (Å²) in [5, 5.41) is 16.7. The molecule has 0 bridgehead atoms. The molecule has 0 saturated heterocycles. The standard InChI is InChI=1S/C17H17N3O4S/c21-10-9-18-16(23)13-5-1-2-6-14(13)19-17(25)20-15(22)8-7-12-4-3-11-24-12/h1-8,11,21H,9-10H2,(H,18,23)(H2,19,20,22,25)/b8-7+. The first-order valence-corrected chi connectivity index (χ1v) is 7.82. The van der Waals surface area contributed by atoms with E-state index in [0.717, 1.165) is 0 Å². The van der Waals surface area contributed by atoms with Crippen molar-refractivity contribution >= 4 is 40.9 Å². The van der Waals surface area contributed by atoms with Crippen molar-refractivity contribution in [2.75, 3.05) is 18.5 Å². The number of benzene rings is 1. The van der Waals surface area contributed by atoms with E-state index in [9.17, 15) is 9.59 Å². The molecular formula is C17H17N3O4S. The molecule has 25 heavy (non-hydrogen) atoms. The Hall–Kier alpha value is -2.97. The van der Waals surface area contributed by atoms with Crippen molar-refractivity contribution in [2.24, 2.45) is 0 Å². The molecule has 0 saturated carbocycles. The van der Waals surface area contributed by atoms with Crippen LogP contribution in [0.4, 0.5) is 5.69 Å². The Morgan fingerprint density at radius 3 is 2.72 bits per heavy atom. The minimum Gasteiger partial charge on any atom is -0.465 e. The summed E-state index contributed by atoms with van der Waals surface area (Å²) in [6, 6.07) is 10.1. The minimum atomic E-state index is -0.434. The lowest BCUT2D eigenvalue weighted by molar-refractivity contribution is -0.115. The zero-order chi connectivity index (χ0) is 18.1. The Kier molecular flexibility index (Phi) is 6.87. The van der Waals surface area contributed by atoms with Crippen LogP contribution in [0.3, 0.4) is 0 Å². The Labute approximate surface area is 149 Å². The van der Waals surface area contributed by atoms with Crippen LogP contribution in [0.15, 0.2) is 53.2 Å². The first kappa shape index (κ1) is 18.4. The van der Waals surface area contributed by atoms with E-state index in [-0.39, 0.29) is 24.2 Å². The van der Waals surface area contributed by atoms with Gasteiger partial charge in [-0.15, -0.1) is 0 Å². The van der Waals surface area contributed by atoms with Gasteiger partial charge in [0, 0.05) is 12.6 Å². The number of aliphatic hydroxyl groups is 1. The average molecular weight is 359 g/mol. The van der Waals surface area contributed by atoms with Gasteiger partial charge in [-0.3, -0.25) is 14.9 Å². The molecular weight excluding hydrogens is 342 g/mol. The molecule has 8 heteroatoms. The van der Waals surface area contributed by atoms with E-state index in [4.69, 9.17) is 21.7 Å². The Bertz CT molecular complexity index is 772. The van der Waals surface area contributed by atoms with Gasteiger partial charge in [-0.25, -0.2) is 0 Å². The maximum absolute atomic E-state index is 12.0. The molecule has 0 aliphatic rings. The van der Waals surface area contributed by atoms with E-state index in [2.05, 4.69) is 16.0 Å². The van der Waals surface area contributed by atoms with Gasteiger partial charge in [-0.05, 0) is 42.6 Å². The molecule has 0 radical (unpaired) electrons. The highest BCUT2D eigenvalue weighted by Crippen LogP contribution is 2.14. The molecule has 2 aromatic rings. The van der Waals surface area contributed by atoms with Crippen LogP contribution < -0.4 is 16.0 Å². The summed E-state index contributed by atoms with van der Waals surface area (Å²) in [6.45, 7) is -0.0102. The first-order chi connectivity index (χ1) is 12.1. The van der Waals surface area contributed by atoms with Crippen molar-refractivity contribution in [3.63, 3.8) is 0 Å². The fourth-order valence-corrected chi connectivity index (χ4v) is 2.12. The molecule has 7 nitrogen and oxygen atoms in total. The van der Waals surface area contributed by atoms with Crippen LogP contribution in [0.1, 0.15) is 16.1 Å². The number of carbonyl (C=O) groups is 2. The fraction of sp³-hybridized carbons (Fsp3) is 0.118. The molecule has 2 amide bonds. The molecule has 2 rings (SSSR count). The van der Waals surface area contributed by atoms with Crippen LogP contribution in [0.2, 0.25) is 0 Å². The van der Waals surface area contributed by atoms with E-state index in [1.807, 2.05) is 0 Å². The molecule has 0 aliphatic carbocycles. The zero-order valence-electron chi connectivity index (χ0n) is 13.2. The summed E-state index contributed by atoms with van der Waals surface area (Å²) < 4.78 is 5.08. The molecule has 0 fully saturated rings. The number of aliphatic hydroxyl groups excluding tert-OH is 1. The van der Waals surface area contributed by atoms with Crippen molar-refractivity contribution in [3.05, 3.63) is 60.1 Å². The van der Waals surface area contributed by atoms with Crippen molar-refractivity contribution in [2.45, 2.75) is 0 Å². The summed E-state index contributed by atoms with van der Waals surface area (Å²) in [6.07, 6.45) is 4.30. The van der Waals surface area contributed by atoms with E-state index in [0.29, 0.717) is 17.0 Å². The number of thiocarbonyl (C=S) groups is 1. The number of carbonyl (C=O) groups excluding carboxylic acids is 2. The van der Waals surface area contributed by atoms with Crippen LogP contribution in [0.25, 0.3) is 6.08 Å². The fourth-order valence-electron chi connectivity index (χ4n) is 1.91. The number of para-hydroxylation sites is 1. The lowest BCUT2D eigenvalue weighted by atomic mass is 10.1. The van der Waals surface area contributed by atoms with E-state index in [1.54, 1.807) is 36.4 Å². The van der Waals surface area contributed by atoms with Crippen LogP contribution >= 0.6 is 12.2 Å². The normalized spacial score (nSPS) is 10.4. The van der Waals surface area contributed by atoms with Gasteiger partial charge in [0.15, 0.2) is 5.11 Å². The summed E-state index contributed by atoms with van der Waals surface area (Å²) in [4.78, 5) is 23.9. The third-order valence-electron chi connectivity index (χ3n) is 3.00. The van der Waals surface area contributed by atoms with Crippen molar-refractivity contribution < 1.29 is 19.1 Å². The molecule has 0 atom stereocenters. The van der Waals surface area contributed by atoms with Gasteiger partial charge in [0.1, 0.15) is 5.76 Å². The van der Waals surface area contributed by atoms with Crippen LogP contribution in [0, 0.1) is 0 Å². The first-order valence-electron chi connectivity index (χ1n) is 7.42. The van der Waals surface area contributed by atoms with Gasteiger partial charge in [0.05, 0.1) is 24.1 Å². The highest BCUT2D eigenvalue weighted by atomic mass is 32.1. The summed E-state index contributed by atoms with van der Waals surface area (Å²) >= 11 is 5.09. The van der Waals surface area contributed by atoms with Gasteiger partial charge < -0.3 is 20.2 Å². The zero-order valence-corrected chi connectivity index (χ0v) is 14.0. The second kappa shape index (κ2) is 9.36. The second-order valence-electron chi connectivity index (χ2n) is 4.82. The number of hydrogen-bond donors (Lipinski definition) is 4. The average Bonchev–Trinajstić information content (AvgIpc) is 3.12. The van der Waals surface area contributed by atoms with Gasteiger partial charge in [-0.2, -0.15) is 0 Å². The number of rotatable bonds is 6. The molecule has 1 aromatic carbocycles. The molecule has 4 N–H and O–H groups in total. The smallest absolute Gasteiger partial charge is 0.253 e. The summed E-state index contributed by atoms with van der Waals surface area (Å²) in [5.74, 6) is -0.250. The molecule has 0 spiro atoms. The predicted octanol–water partition coefficient (Wildman–Crippen LogP) is 1.53. The largest absolute Gasteiger partial charge is 0.465 e. The van der Waals surface area contributed by atoms with E-state index >= 15 is 0 Å². The molecule has 0 aliphatic heterocycles. The van der Waals surface area contributed by atoms with Crippen LogP contribution in [0.5, 0.6) is 0 Å². The van der Waals surface area contributed by atoms with Crippen molar-refractivity contribution in [1.82, 2.24) is 10.6 Å². The van der Waals surface area contributed by atoms with E-state index in [1.165, 1.54) is 18.4 Å². The van der Waals surface area contributed by atoms with Crippen molar-refractivity contribution in [1.29, 1.82) is 0 Å². The number of nitrogens with one attached hydrogen (secondary N) is 3. The molecule has 1 heterocycles. The van der Waals surface area contributed by atoms with Gasteiger partial charge in [0.25, 0.3) is 5.91 Å². The third kappa shape index (κ3) is 5.87. The number of amides is 2. The topological polar surface area (TPSA) is 104 Å². The van der Waals surface area contributed by atoms with E-state index < -0.39 is 5.91 Å². The SMILES string of the molecule is O=C(/C=C/c1ccco1)NC(=S)Nc1ccccc1C(=O)NCCO. The Balaban J connectivity index is 1.96. The van der Waals surface area contributed by atoms with Crippen LogP contribution in [-0.4, -0.2) is 35.2 Å². The maximum atomic E-state index is 12.0. The Morgan fingerprint density at radius 1 is 1.20 bits per heavy atom. The molecule has 0 unspecified atom stereocenters. The quantitative estimate of drug-likeness (QED) is 0.461. The molecule has 1 aromatic heterocycles. The number of furan rings is 1. The summed E-state index contributed by atoms with van der Waals surface area (Å²) in [7, 11) is 0. The highest BCUT2D eigenvalue weighted by molar-refractivity contribution is 7.80. The molecule has 130 valence electrons. The number of hydrogen-bond acceptors (Lipinski definition) is 5. The lowest BCUT2D eigenvalue weighted by Crippen LogP contribution is -2.34. The third-order valence-corrected chi connectivity index (χ3v) is 3.20. The van der Waals surface area contributed by atoms with Gasteiger partial charge in [0.2, 0.25) is 5.91 Å². The highest BCUT2D eigenvalue weighted by Gasteiger charge is 2.11. The number of anilines is 1. The minimum absolute atomic E-state index is 0.0523. The second-order valence-corrected chi connectivity index (χ2v) is 5.23. The van der Waals surface area contributed by atoms with Crippen LogP contribution in [-0.2, 0) is 4.79 Å².